The average molecular weight is 413 g/mol. The fourth-order valence-corrected chi connectivity index (χ4v) is 3.66. The van der Waals surface area contributed by atoms with E-state index in [0.717, 1.165) is 6.07 Å². The van der Waals surface area contributed by atoms with Gasteiger partial charge >= 0.3 is 21.5 Å². The molecule has 1 aromatic rings. The Morgan fingerprint density at radius 2 is 1.56 bits per heavy atom. The Hall–Kier alpha value is -1.35. The molecule has 0 spiro atoms. The van der Waals surface area contributed by atoms with Crippen LogP contribution in [0.2, 0.25) is 0 Å². The summed E-state index contributed by atoms with van der Waals surface area (Å²) in [5, 5.41) is -5.83. The van der Waals surface area contributed by atoms with Crippen LogP contribution in [0, 0.1) is 13.8 Å². The monoisotopic (exact) mass is 413 g/mol. The highest BCUT2D eigenvalue weighted by atomic mass is 32.2. The molecule has 0 saturated carbocycles. The van der Waals surface area contributed by atoms with Crippen LogP contribution in [-0.4, -0.2) is 34.4 Å². The molecule has 0 bridgehead atoms. The molecule has 1 aromatic carbocycles. The first kappa shape index (κ1) is 21.7. The third kappa shape index (κ3) is 4.44. The van der Waals surface area contributed by atoms with E-state index >= 15 is 0 Å². The fourth-order valence-electron chi connectivity index (χ4n) is 1.75. The standard InChI is InChI=1S/C11H12F5NO6S2/c1-6-3-4-8(7(2)5-6)24(18,19)22-9(10(12,13)14)11(15,16)25(20,21)23-17/h3-5,9H,17H2,1-2H3. The molecule has 0 radical (unpaired) electrons. The summed E-state index contributed by atoms with van der Waals surface area (Å²) in [5.74, 6) is 4.05. The minimum atomic E-state index is -6.32. The van der Waals surface area contributed by atoms with E-state index in [-0.39, 0.29) is 5.56 Å². The van der Waals surface area contributed by atoms with E-state index in [1.165, 1.54) is 19.1 Å². The molecule has 0 heterocycles. The number of alkyl halides is 5. The van der Waals surface area contributed by atoms with E-state index in [1.807, 2.05) is 0 Å². The average Bonchev–Trinajstić information content (AvgIpc) is 2.42. The summed E-state index contributed by atoms with van der Waals surface area (Å²) in [7, 11) is -11.7. The smallest absolute Gasteiger partial charge is 0.245 e. The predicted octanol–water partition coefficient (Wildman–Crippen LogP) is 1.75. The molecule has 1 unspecified atom stereocenters. The van der Waals surface area contributed by atoms with Gasteiger partial charge in [-0.25, -0.2) is 4.18 Å². The van der Waals surface area contributed by atoms with Crippen LogP contribution in [0.25, 0.3) is 0 Å². The van der Waals surface area contributed by atoms with Gasteiger partial charge in [0, 0.05) is 0 Å². The van der Waals surface area contributed by atoms with Crippen molar-refractivity contribution < 1.29 is 47.3 Å². The number of halogens is 5. The van der Waals surface area contributed by atoms with E-state index in [9.17, 15) is 38.8 Å². The maximum absolute atomic E-state index is 13.7. The van der Waals surface area contributed by atoms with Crippen LogP contribution in [0.3, 0.4) is 0 Å². The molecular formula is C11H12F5NO6S2. The first-order chi connectivity index (χ1) is 11.1. The van der Waals surface area contributed by atoms with E-state index in [1.54, 1.807) is 6.92 Å². The first-order valence-corrected chi connectivity index (χ1v) is 8.96. The maximum Gasteiger partial charge on any atom is 0.423 e. The molecule has 0 saturated heterocycles. The number of aryl methyl sites for hydroxylation is 2. The lowest BCUT2D eigenvalue weighted by atomic mass is 10.2. The molecule has 0 fully saturated rings. The van der Waals surface area contributed by atoms with Gasteiger partial charge in [-0.2, -0.15) is 49.0 Å². The highest BCUT2D eigenvalue weighted by Gasteiger charge is 2.67. The van der Waals surface area contributed by atoms with Crippen LogP contribution in [0.4, 0.5) is 22.0 Å². The summed E-state index contributed by atoms with van der Waals surface area (Å²) in [6.45, 7) is 2.73. The highest BCUT2D eigenvalue weighted by molar-refractivity contribution is 7.88. The molecule has 0 aliphatic carbocycles. The second kappa shape index (κ2) is 6.75. The summed E-state index contributed by atoms with van der Waals surface area (Å²) in [5.41, 5.74) is 0.440. The lowest BCUT2D eigenvalue weighted by molar-refractivity contribution is -0.238. The number of benzene rings is 1. The van der Waals surface area contributed by atoms with Gasteiger partial charge in [-0.1, -0.05) is 17.7 Å². The van der Waals surface area contributed by atoms with Crippen LogP contribution >= 0.6 is 0 Å². The normalized spacial score (nSPS) is 15.2. The Morgan fingerprint density at radius 3 is 1.96 bits per heavy atom. The van der Waals surface area contributed by atoms with Gasteiger partial charge in [0.15, 0.2) is 0 Å². The van der Waals surface area contributed by atoms with Gasteiger partial charge < -0.3 is 0 Å². The number of rotatable bonds is 6. The van der Waals surface area contributed by atoms with Gasteiger partial charge in [-0.05, 0) is 25.5 Å². The Balaban J connectivity index is 3.46. The van der Waals surface area contributed by atoms with Crippen LogP contribution in [0.5, 0.6) is 0 Å². The molecule has 7 nitrogen and oxygen atoms in total. The largest absolute Gasteiger partial charge is 0.423 e. The Bertz CT molecular complexity index is 850. The fraction of sp³-hybridized carbons (Fsp3) is 0.455. The van der Waals surface area contributed by atoms with Crippen molar-refractivity contribution in [1.29, 1.82) is 0 Å². The molecule has 144 valence electrons. The van der Waals surface area contributed by atoms with Gasteiger partial charge in [0.05, 0.1) is 4.90 Å². The van der Waals surface area contributed by atoms with E-state index in [2.05, 4.69) is 14.4 Å². The van der Waals surface area contributed by atoms with Crippen molar-refractivity contribution in [3.05, 3.63) is 29.3 Å². The lowest BCUT2D eigenvalue weighted by Crippen LogP contribution is -2.53. The van der Waals surface area contributed by atoms with Crippen LogP contribution in [0.15, 0.2) is 23.1 Å². The zero-order valence-corrected chi connectivity index (χ0v) is 14.2. The van der Waals surface area contributed by atoms with Crippen molar-refractivity contribution >= 4 is 20.2 Å². The van der Waals surface area contributed by atoms with Gasteiger partial charge in [0.2, 0.25) is 0 Å². The van der Waals surface area contributed by atoms with Crippen molar-refractivity contribution in [2.24, 2.45) is 5.90 Å². The summed E-state index contributed by atoms with van der Waals surface area (Å²) in [4.78, 5) is -0.839. The van der Waals surface area contributed by atoms with Gasteiger partial charge in [-0.3, -0.25) is 0 Å². The number of hydrogen-bond donors (Lipinski definition) is 1. The molecule has 0 aliphatic heterocycles. The zero-order chi connectivity index (χ0) is 19.8. The Morgan fingerprint density at radius 1 is 1.04 bits per heavy atom. The minimum Gasteiger partial charge on any atom is -0.245 e. The molecule has 14 heteroatoms. The van der Waals surface area contributed by atoms with Crippen LogP contribution in [-0.2, 0) is 28.7 Å². The molecule has 1 atom stereocenters. The molecular weight excluding hydrogens is 401 g/mol. The van der Waals surface area contributed by atoms with Crippen LogP contribution in [0.1, 0.15) is 11.1 Å². The zero-order valence-electron chi connectivity index (χ0n) is 12.5. The maximum atomic E-state index is 13.7. The first-order valence-electron chi connectivity index (χ1n) is 6.14. The predicted molar refractivity (Wildman–Crippen MR) is 73.2 cm³/mol. The third-order valence-electron chi connectivity index (χ3n) is 2.89. The molecule has 1 rings (SSSR count). The SMILES string of the molecule is Cc1ccc(S(=O)(=O)OC(C(F)(F)F)C(F)(F)S(=O)(=O)ON)c(C)c1. The minimum absolute atomic E-state index is 0.0952. The number of hydrogen-bond acceptors (Lipinski definition) is 7. The van der Waals surface area contributed by atoms with Gasteiger partial charge in [-0.15, -0.1) is 0 Å². The van der Waals surface area contributed by atoms with Crippen molar-refractivity contribution in [2.45, 2.75) is 36.3 Å². The van der Waals surface area contributed by atoms with E-state index in [0.29, 0.717) is 5.56 Å². The van der Waals surface area contributed by atoms with Crippen molar-refractivity contribution in [1.82, 2.24) is 0 Å². The molecule has 0 amide bonds. The van der Waals surface area contributed by atoms with Gasteiger partial charge in [0.1, 0.15) is 0 Å². The lowest BCUT2D eigenvalue weighted by Gasteiger charge is -2.26. The summed E-state index contributed by atoms with van der Waals surface area (Å²) in [6.07, 6.45) is -10.7. The highest BCUT2D eigenvalue weighted by Crippen LogP contribution is 2.40. The number of nitrogens with two attached hydrogens (primary N) is 1. The second-order valence-corrected chi connectivity index (χ2v) is 8.04. The van der Waals surface area contributed by atoms with Crippen molar-refractivity contribution in [3.8, 4) is 0 Å². The topological polar surface area (TPSA) is 113 Å². The molecule has 0 aliphatic rings. The van der Waals surface area contributed by atoms with Crippen LogP contribution < -0.4 is 5.90 Å². The van der Waals surface area contributed by atoms with Gasteiger partial charge in [0.25, 0.3) is 16.2 Å². The van der Waals surface area contributed by atoms with Crippen molar-refractivity contribution in [3.63, 3.8) is 0 Å². The summed E-state index contributed by atoms with van der Waals surface area (Å²) >= 11 is 0. The molecule has 0 aromatic heterocycles. The quantitative estimate of drug-likeness (QED) is 0.429. The van der Waals surface area contributed by atoms with E-state index < -0.39 is 42.7 Å². The Kier molecular flexibility index (Phi) is 5.86. The molecule has 2 N–H and O–H groups in total. The van der Waals surface area contributed by atoms with E-state index in [4.69, 9.17) is 0 Å². The third-order valence-corrected chi connectivity index (χ3v) is 5.46. The second-order valence-electron chi connectivity index (χ2n) is 4.85. The van der Waals surface area contributed by atoms with Crippen molar-refractivity contribution in [2.75, 3.05) is 0 Å². The summed E-state index contributed by atoms with van der Waals surface area (Å²) < 4.78 is 118. The Labute approximate surface area is 139 Å². The molecule has 25 heavy (non-hydrogen) atoms. The summed E-state index contributed by atoms with van der Waals surface area (Å²) in [6, 6.07) is 3.26.